The van der Waals surface area contributed by atoms with Crippen molar-refractivity contribution in [2.45, 2.75) is 26.8 Å². The zero-order chi connectivity index (χ0) is 15.1. The minimum absolute atomic E-state index is 0.0471. The Morgan fingerprint density at radius 2 is 1.95 bits per heavy atom. The molecule has 20 heavy (non-hydrogen) atoms. The van der Waals surface area contributed by atoms with Crippen LogP contribution < -0.4 is 5.73 Å². The summed E-state index contributed by atoms with van der Waals surface area (Å²) < 4.78 is 31.6. The van der Waals surface area contributed by atoms with Gasteiger partial charge in [0, 0.05) is 5.56 Å². The van der Waals surface area contributed by atoms with Crippen molar-refractivity contribution in [2.24, 2.45) is 11.1 Å². The number of nitrogens with two attached hydrogens (primary N) is 1. The zero-order valence-corrected chi connectivity index (χ0v) is 12.8. The molecule has 1 aromatic heterocycles. The number of halogens is 3. The van der Waals surface area contributed by atoms with Gasteiger partial charge in [-0.3, -0.25) is 0 Å². The van der Waals surface area contributed by atoms with Crippen LogP contribution in [0.4, 0.5) is 8.78 Å². The van der Waals surface area contributed by atoms with Gasteiger partial charge in [0.2, 0.25) is 11.7 Å². The fraction of sp³-hybridized carbons (Fsp3) is 0.385. The lowest BCUT2D eigenvalue weighted by atomic mass is 9.87. The molecule has 4 nitrogen and oxygen atoms in total. The first-order chi connectivity index (χ1) is 9.21. The predicted molar refractivity (Wildman–Crippen MR) is 73.7 cm³/mol. The number of nitrogens with zero attached hydrogens (tertiary/aromatic N) is 2. The fourth-order valence-electron chi connectivity index (χ4n) is 1.54. The maximum atomic E-state index is 13.5. The van der Waals surface area contributed by atoms with Crippen molar-refractivity contribution in [2.75, 3.05) is 0 Å². The molecule has 1 atom stereocenters. The summed E-state index contributed by atoms with van der Waals surface area (Å²) in [6.07, 6.45) is 0. The summed E-state index contributed by atoms with van der Waals surface area (Å²) in [5.74, 6) is -1.53. The molecule has 0 fully saturated rings. The van der Waals surface area contributed by atoms with Crippen molar-refractivity contribution in [3.8, 4) is 11.4 Å². The molecule has 0 aliphatic carbocycles. The lowest BCUT2D eigenvalue weighted by Crippen LogP contribution is -2.26. The number of aromatic nitrogens is 2. The van der Waals surface area contributed by atoms with Crippen LogP contribution in [0.5, 0.6) is 0 Å². The van der Waals surface area contributed by atoms with Crippen molar-refractivity contribution in [3.63, 3.8) is 0 Å². The summed E-state index contributed by atoms with van der Waals surface area (Å²) in [6.45, 7) is 5.82. The molecule has 0 amide bonds. The van der Waals surface area contributed by atoms with E-state index in [-0.39, 0.29) is 21.6 Å². The SMILES string of the molecule is CC(C)(C)C(N)c1nc(-c2ccc(F)c(F)c2Br)no1. The standard InChI is InChI=1S/C13H14BrF2N3O/c1-13(2,3)10(17)12-18-11(19-20-12)6-4-5-7(15)9(16)8(6)14/h4-5,10H,17H2,1-3H3. The summed E-state index contributed by atoms with van der Waals surface area (Å²) in [4.78, 5) is 4.16. The molecule has 0 saturated carbocycles. The highest BCUT2D eigenvalue weighted by atomic mass is 79.9. The molecule has 108 valence electrons. The third kappa shape index (κ3) is 2.73. The van der Waals surface area contributed by atoms with Gasteiger partial charge in [0.25, 0.3) is 0 Å². The van der Waals surface area contributed by atoms with Gasteiger partial charge in [-0.1, -0.05) is 25.9 Å². The van der Waals surface area contributed by atoms with Crippen molar-refractivity contribution in [1.82, 2.24) is 10.1 Å². The van der Waals surface area contributed by atoms with E-state index in [0.29, 0.717) is 5.56 Å². The van der Waals surface area contributed by atoms with Gasteiger partial charge in [-0.25, -0.2) is 8.78 Å². The summed E-state index contributed by atoms with van der Waals surface area (Å²) in [7, 11) is 0. The minimum atomic E-state index is -0.992. The van der Waals surface area contributed by atoms with Gasteiger partial charge in [0.15, 0.2) is 11.6 Å². The highest BCUT2D eigenvalue weighted by Gasteiger charge is 2.28. The molecule has 0 aliphatic rings. The number of hydrogen-bond acceptors (Lipinski definition) is 4. The van der Waals surface area contributed by atoms with Gasteiger partial charge >= 0.3 is 0 Å². The Hall–Kier alpha value is -1.34. The average molecular weight is 346 g/mol. The van der Waals surface area contributed by atoms with Gasteiger partial charge in [0.05, 0.1) is 10.5 Å². The van der Waals surface area contributed by atoms with Crippen LogP contribution >= 0.6 is 15.9 Å². The largest absolute Gasteiger partial charge is 0.337 e. The molecule has 0 saturated heterocycles. The van der Waals surface area contributed by atoms with E-state index < -0.39 is 17.7 Å². The highest BCUT2D eigenvalue weighted by Crippen LogP contribution is 2.33. The van der Waals surface area contributed by atoms with Crippen LogP contribution in [0.15, 0.2) is 21.1 Å². The second-order valence-corrected chi connectivity index (χ2v) is 6.32. The van der Waals surface area contributed by atoms with E-state index in [2.05, 4.69) is 26.1 Å². The lowest BCUT2D eigenvalue weighted by molar-refractivity contribution is 0.253. The molecule has 7 heteroatoms. The average Bonchev–Trinajstić information content (AvgIpc) is 2.83. The number of rotatable bonds is 2. The van der Waals surface area contributed by atoms with Crippen LogP contribution in [0, 0.1) is 17.0 Å². The zero-order valence-electron chi connectivity index (χ0n) is 11.2. The van der Waals surface area contributed by atoms with Gasteiger partial charge in [-0.05, 0) is 33.5 Å². The van der Waals surface area contributed by atoms with Gasteiger partial charge in [-0.2, -0.15) is 4.98 Å². The monoisotopic (exact) mass is 345 g/mol. The Bertz CT molecular complexity index is 637. The normalized spacial score (nSPS) is 13.6. The predicted octanol–water partition coefficient (Wildman–Crippen LogP) is 3.82. The molecule has 0 bridgehead atoms. The maximum absolute atomic E-state index is 13.5. The third-order valence-electron chi connectivity index (χ3n) is 2.92. The smallest absolute Gasteiger partial charge is 0.244 e. The Labute approximate surface area is 123 Å². The minimum Gasteiger partial charge on any atom is -0.337 e. The van der Waals surface area contributed by atoms with Crippen LogP contribution in [-0.4, -0.2) is 10.1 Å². The molecular formula is C13H14BrF2N3O. The third-order valence-corrected chi connectivity index (χ3v) is 3.69. The van der Waals surface area contributed by atoms with Gasteiger partial charge < -0.3 is 10.3 Å². The van der Waals surface area contributed by atoms with Gasteiger partial charge in [-0.15, -0.1) is 0 Å². The van der Waals surface area contributed by atoms with Crippen LogP contribution in [0.3, 0.4) is 0 Å². The first-order valence-electron chi connectivity index (χ1n) is 5.95. The summed E-state index contributed by atoms with van der Waals surface area (Å²) in [6, 6.07) is 1.93. The van der Waals surface area contributed by atoms with Crippen LogP contribution in [0.2, 0.25) is 0 Å². The molecule has 0 radical (unpaired) electrons. The van der Waals surface area contributed by atoms with E-state index >= 15 is 0 Å². The maximum Gasteiger partial charge on any atom is 0.244 e. The molecule has 0 aliphatic heterocycles. The summed E-state index contributed by atoms with van der Waals surface area (Å²) in [5, 5.41) is 3.77. The van der Waals surface area contributed by atoms with Crippen molar-refractivity contribution < 1.29 is 13.3 Å². The van der Waals surface area contributed by atoms with Gasteiger partial charge in [0.1, 0.15) is 0 Å². The second kappa shape index (κ2) is 5.21. The fourth-order valence-corrected chi connectivity index (χ4v) is 2.04. The van der Waals surface area contributed by atoms with E-state index in [1.165, 1.54) is 6.07 Å². The van der Waals surface area contributed by atoms with Crippen LogP contribution in [0.1, 0.15) is 32.7 Å². The Morgan fingerprint density at radius 3 is 2.55 bits per heavy atom. The molecule has 0 spiro atoms. The molecule has 2 aromatic rings. The van der Waals surface area contributed by atoms with E-state index in [9.17, 15) is 8.78 Å². The Balaban J connectivity index is 2.42. The van der Waals surface area contributed by atoms with E-state index in [0.717, 1.165) is 6.07 Å². The van der Waals surface area contributed by atoms with Crippen molar-refractivity contribution in [3.05, 3.63) is 34.1 Å². The van der Waals surface area contributed by atoms with E-state index in [1.807, 2.05) is 20.8 Å². The molecule has 1 heterocycles. The Morgan fingerprint density at radius 1 is 1.30 bits per heavy atom. The molecule has 1 aromatic carbocycles. The Kier molecular flexibility index (Phi) is 3.93. The van der Waals surface area contributed by atoms with E-state index in [4.69, 9.17) is 10.3 Å². The van der Waals surface area contributed by atoms with Crippen LogP contribution in [0.25, 0.3) is 11.4 Å². The van der Waals surface area contributed by atoms with Crippen molar-refractivity contribution >= 4 is 15.9 Å². The number of benzene rings is 1. The topological polar surface area (TPSA) is 64.9 Å². The first-order valence-corrected chi connectivity index (χ1v) is 6.74. The molecule has 2 N–H and O–H groups in total. The summed E-state index contributed by atoms with van der Waals surface area (Å²) >= 11 is 2.99. The van der Waals surface area contributed by atoms with E-state index in [1.54, 1.807) is 0 Å². The quantitative estimate of drug-likeness (QED) is 0.840. The van der Waals surface area contributed by atoms with Crippen molar-refractivity contribution in [1.29, 1.82) is 0 Å². The first kappa shape index (κ1) is 15.1. The lowest BCUT2D eigenvalue weighted by Gasteiger charge is -2.23. The molecule has 2 rings (SSSR count). The summed E-state index contributed by atoms with van der Waals surface area (Å²) in [5.41, 5.74) is 6.06. The highest BCUT2D eigenvalue weighted by molar-refractivity contribution is 9.10. The second-order valence-electron chi connectivity index (χ2n) is 5.52. The molecule has 1 unspecified atom stereocenters. The van der Waals surface area contributed by atoms with Crippen LogP contribution in [-0.2, 0) is 0 Å². The molecular weight excluding hydrogens is 332 g/mol. The number of hydrogen-bond donors (Lipinski definition) is 1.